The van der Waals surface area contributed by atoms with Crippen molar-refractivity contribution in [1.82, 2.24) is 5.32 Å². The van der Waals surface area contributed by atoms with Crippen molar-refractivity contribution in [3.8, 4) is 11.5 Å². The topological polar surface area (TPSA) is 84.9 Å². The Kier molecular flexibility index (Phi) is 7.31. The lowest BCUT2D eigenvalue weighted by atomic mass is 9.88. The van der Waals surface area contributed by atoms with Crippen molar-refractivity contribution in [2.24, 2.45) is 0 Å². The first kappa shape index (κ1) is 24.6. The third-order valence-corrected chi connectivity index (χ3v) is 8.03. The minimum absolute atomic E-state index is 0.00605. The highest BCUT2D eigenvalue weighted by Gasteiger charge is 2.30. The lowest BCUT2D eigenvalue weighted by Gasteiger charge is -2.29. The van der Waals surface area contributed by atoms with Gasteiger partial charge in [-0.3, -0.25) is 9.10 Å². The van der Waals surface area contributed by atoms with E-state index in [2.05, 4.69) is 11.4 Å². The van der Waals surface area contributed by atoms with E-state index in [1.807, 2.05) is 37.3 Å². The summed E-state index contributed by atoms with van der Waals surface area (Å²) < 4.78 is 39.2. The quantitative estimate of drug-likeness (QED) is 0.502. The number of anilines is 1. The molecule has 0 unspecified atom stereocenters. The molecule has 0 aliphatic heterocycles. The standard InChI is InChI=1S/C27H30N2O5S/c1-19-11-13-21(14-12-19)29(35(31,32)22-15-16-25(33-2)26(17-22)34-3)18-27(30)28-24-10-6-8-20-7-4-5-9-23(20)24/h4-5,7,9,11-17,24H,6,8,10,18H2,1-3H3,(H,28,30)/t24-/m0/s1. The molecule has 0 spiro atoms. The van der Waals surface area contributed by atoms with Crippen molar-refractivity contribution < 1.29 is 22.7 Å². The monoisotopic (exact) mass is 494 g/mol. The third-order valence-electron chi connectivity index (χ3n) is 6.26. The van der Waals surface area contributed by atoms with Crippen LogP contribution in [0.4, 0.5) is 5.69 Å². The van der Waals surface area contributed by atoms with Gasteiger partial charge in [-0.25, -0.2) is 8.42 Å². The average Bonchev–Trinajstić information content (AvgIpc) is 2.87. The Morgan fingerprint density at radius 3 is 2.43 bits per heavy atom. The number of hydrogen-bond acceptors (Lipinski definition) is 5. The van der Waals surface area contributed by atoms with Crippen LogP contribution < -0.4 is 19.1 Å². The Morgan fingerprint density at radius 1 is 1.00 bits per heavy atom. The maximum atomic E-state index is 13.8. The zero-order valence-corrected chi connectivity index (χ0v) is 21.0. The fraction of sp³-hybridized carbons (Fsp3) is 0.296. The number of amides is 1. The second-order valence-electron chi connectivity index (χ2n) is 8.58. The molecule has 1 aliphatic carbocycles. The number of nitrogens with one attached hydrogen (secondary N) is 1. The fourth-order valence-corrected chi connectivity index (χ4v) is 5.84. The van der Waals surface area contributed by atoms with E-state index in [-0.39, 0.29) is 23.4 Å². The van der Waals surface area contributed by atoms with Crippen LogP contribution in [0.1, 0.15) is 35.6 Å². The van der Waals surface area contributed by atoms with Gasteiger partial charge in [0, 0.05) is 6.07 Å². The molecule has 1 aliphatic rings. The van der Waals surface area contributed by atoms with E-state index in [0.717, 1.165) is 34.7 Å². The number of carbonyl (C=O) groups excluding carboxylic acids is 1. The smallest absolute Gasteiger partial charge is 0.264 e. The molecule has 0 fully saturated rings. The van der Waals surface area contributed by atoms with Crippen LogP contribution in [-0.2, 0) is 21.2 Å². The number of aryl methyl sites for hydroxylation is 2. The number of fused-ring (bicyclic) bond motifs is 1. The first-order valence-electron chi connectivity index (χ1n) is 11.5. The fourth-order valence-electron chi connectivity index (χ4n) is 4.40. The van der Waals surface area contributed by atoms with Gasteiger partial charge in [0.15, 0.2) is 11.5 Å². The van der Waals surface area contributed by atoms with Crippen LogP contribution in [0.5, 0.6) is 11.5 Å². The highest BCUT2D eigenvalue weighted by atomic mass is 32.2. The molecular weight excluding hydrogens is 464 g/mol. The Morgan fingerprint density at radius 2 is 1.71 bits per heavy atom. The second kappa shape index (κ2) is 10.4. The summed E-state index contributed by atoms with van der Waals surface area (Å²) in [7, 11) is -1.15. The predicted octanol–water partition coefficient (Wildman–Crippen LogP) is 4.40. The van der Waals surface area contributed by atoms with E-state index in [1.165, 1.54) is 38.0 Å². The minimum atomic E-state index is -4.08. The summed E-state index contributed by atoms with van der Waals surface area (Å²) in [6.45, 7) is 1.57. The van der Waals surface area contributed by atoms with Gasteiger partial charge in [-0.1, -0.05) is 42.0 Å². The van der Waals surface area contributed by atoms with Crippen LogP contribution >= 0.6 is 0 Å². The number of nitrogens with zero attached hydrogens (tertiary/aromatic N) is 1. The SMILES string of the molecule is COc1ccc(S(=O)(=O)N(CC(=O)N[C@H]2CCCc3ccccc32)c2ccc(C)cc2)cc1OC. The number of methoxy groups -OCH3 is 2. The Bertz CT molecular complexity index is 1310. The number of rotatable bonds is 8. The molecule has 1 N–H and O–H groups in total. The number of hydrogen-bond donors (Lipinski definition) is 1. The third kappa shape index (κ3) is 5.27. The molecule has 184 valence electrons. The van der Waals surface area contributed by atoms with Crippen molar-refractivity contribution in [3.05, 3.63) is 83.4 Å². The first-order valence-corrected chi connectivity index (χ1v) is 13.0. The van der Waals surface area contributed by atoms with E-state index in [1.54, 1.807) is 12.1 Å². The van der Waals surface area contributed by atoms with Crippen molar-refractivity contribution >= 4 is 21.6 Å². The Hall–Kier alpha value is -3.52. The van der Waals surface area contributed by atoms with Gasteiger partial charge in [0.05, 0.1) is 30.8 Å². The molecule has 1 amide bonds. The zero-order chi connectivity index (χ0) is 25.0. The average molecular weight is 495 g/mol. The van der Waals surface area contributed by atoms with Crippen LogP contribution in [0, 0.1) is 6.92 Å². The molecule has 1 atom stereocenters. The van der Waals surface area contributed by atoms with Gasteiger partial charge in [-0.2, -0.15) is 0 Å². The molecule has 0 bridgehead atoms. The normalized spacial score (nSPS) is 15.1. The first-order chi connectivity index (χ1) is 16.8. The van der Waals surface area contributed by atoms with Crippen LogP contribution in [0.25, 0.3) is 0 Å². The van der Waals surface area contributed by atoms with Gasteiger partial charge >= 0.3 is 0 Å². The largest absolute Gasteiger partial charge is 0.493 e. The van der Waals surface area contributed by atoms with Crippen molar-refractivity contribution in [2.75, 3.05) is 25.1 Å². The summed E-state index contributed by atoms with van der Waals surface area (Å²) >= 11 is 0. The Balaban J connectivity index is 1.65. The molecule has 8 heteroatoms. The highest BCUT2D eigenvalue weighted by molar-refractivity contribution is 7.92. The minimum Gasteiger partial charge on any atom is -0.493 e. The summed E-state index contributed by atoms with van der Waals surface area (Å²) in [5, 5.41) is 3.06. The molecule has 3 aromatic carbocycles. The van der Waals surface area contributed by atoms with Crippen molar-refractivity contribution in [1.29, 1.82) is 0 Å². The summed E-state index contributed by atoms with van der Waals surface area (Å²) in [4.78, 5) is 13.2. The van der Waals surface area contributed by atoms with Gasteiger partial charge in [-0.05, 0) is 61.6 Å². The maximum Gasteiger partial charge on any atom is 0.264 e. The summed E-state index contributed by atoms with van der Waals surface area (Å²) in [5.74, 6) is 0.346. The van der Waals surface area contributed by atoms with Crippen LogP contribution in [-0.4, -0.2) is 35.1 Å². The molecule has 35 heavy (non-hydrogen) atoms. The van der Waals surface area contributed by atoms with Crippen LogP contribution in [0.3, 0.4) is 0 Å². The van der Waals surface area contributed by atoms with E-state index >= 15 is 0 Å². The molecule has 0 radical (unpaired) electrons. The lowest BCUT2D eigenvalue weighted by Crippen LogP contribution is -2.42. The van der Waals surface area contributed by atoms with Gasteiger partial charge in [-0.15, -0.1) is 0 Å². The number of ether oxygens (including phenoxy) is 2. The molecule has 3 aromatic rings. The van der Waals surface area contributed by atoms with Gasteiger partial charge < -0.3 is 14.8 Å². The number of carbonyl (C=O) groups is 1. The van der Waals surface area contributed by atoms with Crippen molar-refractivity contribution in [3.63, 3.8) is 0 Å². The molecule has 0 saturated carbocycles. The summed E-state index contributed by atoms with van der Waals surface area (Å²) in [5.41, 5.74) is 3.71. The molecular formula is C27H30N2O5S. The molecule has 0 aromatic heterocycles. The molecule has 0 saturated heterocycles. The summed E-state index contributed by atoms with van der Waals surface area (Å²) in [6, 6.07) is 19.4. The lowest BCUT2D eigenvalue weighted by molar-refractivity contribution is -0.120. The summed E-state index contributed by atoms with van der Waals surface area (Å²) in [6.07, 6.45) is 2.76. The molecule has 4 rings (SSSR count). The maximum absolute atomic E-state index is 13.8. The number of benzene rings is 3. The number of sulfonamides is 1. The zero-order valence-electron chi connectivity index (χ0n) is 20.2. The van der Waals surface area contributed by atoms with E-state index in [0.29, 0.717) is 17.2 Å². The predicted molar refractivity (Wildman–Crippen MR) is 136 cm³/mol. The molecule has 7 nitrogen and oxygen atoms in total. The van der Waals surface area contributed by atoms with E-state index in [9.17, 15) is 13.2 Å². The van der Waals surface area contributed by atoms with Crippen molar-refractivity contribution in [2.45, 2.75) is 37.1 Å². The van der Waals surface area contributed by atoms with Gasteiger partial charge in [0.25, 0.3) is 10.0 Å². The van der Waals surface area contributed by atoms with E-state index < -0.39 is 10.0 Å². The second-order valence-corrected chi connectivity index (χ2v) is 10.4. The van der Waals surface area contributed by atoms with Gasteiger partial charge in [0.2, 0.25) is 5.91 Å². The molecule has 0 heterocycles. The van der Waals surface area contributed by atoms with E-state index in [4.69, 9.17) is 9.47 Å². The Labute approximate surface area is 206 Å². The van der Waals surface area contributed by atoms with Crippen LogP contribution in [0.15, 0.2) is 71.6 Å². The van der Waals surface area contributed by atoms with Crippen LogP contribution in [0.2, 0.25) is 0 Å². The van der Waals surface area contributed by atoms with Gasteiger partial charge in [0.1, 0.15) is 6.54 Å². The highest BCUT2D eigenvalue weighted by Crippen LogP contribution is 2.33.